The van der Waals surface area contributed by atoms with Crippen molar-refractivity contribution in [1.29, 1.82) is 0 Å². The average Bonchev–Trinajstić information content (AvgIpc) is 3.76. The normalized spacial score (nSPS) is 18.4. The van der Waals surface area contributed by atoms with E-state index in [1.807, 2.05) is 0 Å². The van der Waals surface area contributed by atoms with Crippen molar-refractivity contribution >= 4 is 88.7 Å². The van der Waals surface area contributed by atoms with Crippen LogP contribution in [0.3, 0.4) is 0 Å². The second-order valence-electron chi connectivity index (χ2n) is 8.55. The van der Waals surface area contributed by atoms with Gasteiger partial charge in [-0.15, -0.1) is 46.2 Å². The summed E-state index contributed by atoms with van der Waals surface area (Å²) in [5.74, 6) is -0.383. The quantitative estimate of drug-likeness (QED) is 0.206. The van der Waals surface area contributed by atoms with Gasteiger partial charge in [0.1, 0.15) is 20.1 Å². The summed E-state index contributed by atoms with van der Waals surface area (Å²) in [5, 5.41) is 11.6. The van der Waals surface area contributed by atoms with Crippen molar-refractivity contribution < 1.29 is 38.0 Å². The zero-order valence-corrected chi connectivity index (χ0v) is 24.5. The van der Waals surface area contributed by atoms with Gasteiger partial charge in [-0.3, -0.25) is 9.98 Å². The Balaban J connectivity index is 1.11. The first-order valence-corrected chi connectivity index (χ1v) is 15.5. The SMILES string of the molecule is COc1cc2sc(C3=NC(C(=O)OCOc4cc5nc(C6=NC(C(=O)O)CS6)sc5cc4OC)CS3)nc2cc1F. The highest BCUT2D eigenvalue weighted by Crippen LogP contribution is 2.37. The molecular weight excluding hydrogens is 616 g/mol. The maximum absolute atomic E-state index is 14.0. The summed E-state index contributed by atoms with van der Waals surface area (Å²) < 4.78 is 37.1. The number of hydrogen-bond acceptors (Lipinski definition) is 14. The van der Waals surface area contributed by atoms with Crippen LogP contribution in [0, 0.1) is 5.82 Å². The summed E-state index contributed by atoms with van der Waals surface area (Å²) in [6.45, 7) is -0.368. The molecule has 0 amide bonds. The highest BCUT2D eigenvalue weighted by Gasteiger charge is 2.30. The molecule has 2 aliphatic heterocycles. The Kier molecular flexibility index (Phi) is 7.72. The molecule has 11 nitrogen and oxygen atoms in total. The van der Waals surface area contributed by atoms with E-state index in [-0.39, 0.29) is 12.5 Å². The van der Waals surface area contributed by atoms with Crippen LogP contribution in [-0.4, -0.2) is 81.7 Å². The van der Waals surface area contributed by atoms with Crippen LogP contribution in [0.15, 0.2) is 34.3 Å². The minimum absolute atomic E-state index is 0.136. The minimum atomic E-state index is -0.965. The minimum Gasteiger partial charge on any atom is -0.494 e. The van der Waals surface area contributed by atoms with Gasteiger partial charge in [-0.25, -0.2) is 23.9 Å². The lowest BCUT2D eigenvalue weighted by atomic mass is 10.3. The van der Waals surface area contributed by atoms with Crippen LogP contribution in [-0.2, 0) is 14.3 Å². The van der Waals surface area contributed by atoms with Gasteiger partial charge in [0.05, 0.1) is 34.7 Å². The number of benzene rings is 2. The highest BCUT2D eigenvalue weighted by molar-refractivity contribution is 8.15. The van der Waals surface area contributed by atoms with Crippen molar-refractivity contribution in [3.63, 3.8) is 0 Å². The monoisotopic (exact) mass is 634 g/mol. The second kappa shape index (κ2) is 11.4. The summed E-state index contributed by atoms with van der Waals surface area (Å²) in [6.07, 6.45) is 0. The van der Waals surface area contributed by atoms with Gasteiger partial charge in [-0.2, -0.15) is 0 Å². The van der Waals surface area contributed by atoms with Gasteiger partial charge in [0.2, 0.25) is 6.79 Å². The number of fused-ring (bicyclic) bond motifs is 2. The number of carboxylic acids is 1. The number of carbonyl (C=O) groups excluding carboxylic acids is 1. The molecule has 1 N–H and O–H groups in total. The number of carboxylic acid groups (broad SMARTS) is 1. The van der Waals surface area contributed by atoms with Gasteiger partial charge in [0, 0.05) is 35.8 Å². The third kappa shape index (κ3) is 5.56. The predicted molar refractivity (Wildman–Crippen MR) is 157 cm³/mol. The summed E-state index contributed by atoms with van der Waals surface area (Å²) in [4.78, 5) is 41.7. The molecule has 2 unspecified atom stereocenters. The number of methoxy groups -OCH3 is 2. The molecule has 0 aliphatic carbocycles. The number of ether oxygens (including phenoxy) is 4. The Bertz CT molecular complexity index is 1750. The van der Waals surface area contributed by atoms with E-state index in [2.05, 4.69) is 20.0 Å². The van der Waals surface area contributed by atoms with Crippen LogP contribution in [0.2, 0.25) is 0 Å². The average molecular weight is 635 g/mol. The lowest BCUT2D eigenvalue weighted by Gasteiger charge is -2.12. The van der Waals surface area contributed by atoms with Crippen LogP contribution in [0.4, 0.5) is 4.39 Å². The van der Waals surface area contributed by atoms with E-state index < -0.39 is 29.8 Å². The molecule has 2 aromatic heterocycles. The molecule has 0 radical (unpaired) electrons. The maximum Gasteiger partial charge on any atom is 0.334 e. The molecule has 4 heterocycles. The first kappa shape index (κ1) is 27.7. The number of hydrogen-bond donors (Lipinski definition) is 1. The fourth-order valence-corrected chi connectivity index (χ4v) is 8.09. The number of aliphatic imine (C=N–C) groups is 2. The number of rotatable bonds is 9. The van der Waals surface area contributed by atoms with E-state index in [1.54, 1.807) is 18.2 Å². The number of aromatic nitrogens is 2. The molecule has 212 valence electrons. The smallest absolute Gasteiger partial charge is 0.334 e. The van der Waals surface area contributed by atoms with Crippen LogP contribution in [0.1, 0.15) is 10.0 Å². The topological polar surface area (TPSA) is 142 Å². The Morgan fingerprint density at radius 2 is 1.46 bits per heavy atom. The van der Waals surface area contributed by atoms with E-state index in [9.17, 15) is 19.1 Å². The number of halogens is 1. The molecule has 0 spiro atoms. The first-order chi connectivity index (χ1) is 19.8. The van der Waals surface area contributed by atoms with E-state index >= 15 is 0 Å². The molecule has 0 saturated carbocycles. The lowest BCUT2D eigenvalue weighted by molar-refractivity contribution is -0.151. The van der Waals surface area contributed by atoms with E-state index in [0.717, 1.165) is 9.40 Å². The zero-order valence-electron chi connectivity index (χ0n) is 21.3. The predicted octanol–water partition coefficient (Wildman–Crippen LogP) is 4.45. The van der Waals surface area contributed by atoms with E-state index in [1.165, 1.54) is 66.5 Å². The number of esters is 1. The van der Waals surface area contributed by atoms with Crippen molar-refractivity contribution in [1.82, 2.24) is 9.97 Å². The molecular formula is C25H19FN4O7S4. The summed E-state index contributed by atoms with van der Waals surface area (Å²) in [6, 6.07) is 4.81. The summed E-state index contributed by atoms with van der Waals surface area (Å²) in [5.41, 5.74) is 1.10. The fourth-order valence-electron chi connectivity index (χ4n) is 3.95. The van der Waals surface area contributed by atoms with Gasteiger partial charge < -0.3 is 24.1 Å². The number of thioether (sulfide) groups is 2. The van der Waals surface area contributed by atoms with Crippen molar-refractivity contribution in [2.45, 2.75) is 12.1 Å². The highest BCUT2D eigenvalue weighted by atomic mass is 32.2. The Morgan fingerprint density at radius 1 is 0.878 bits per heavy atom. The molecule has 6 rings (SSSR count). The molecule has 0 fully saturated rings. The number of carbonyl (C=O) groups is 2. The molecule has 4 aromatic rings. The first-order valence-electron chi connectivity index (χ1n) is 11.9. The lowest BCUT2D eigenvalue weighted by Crippen LogP contribution is -2.23. The molecule has 41 heavy (non-hydrogen) atoms. The standard InChI is InChI=1S/C25H19FN4O7S4/c1-34-15-5-18-11(3-10(15)26)27-23(40-18)21-30-14(8-39-21)25(33)37-9-36-17-4-12-19(6-16(17)35-2)41-22(28-12)20-29-13(7-38-20)24(31)32/h3-6,13-14H,7-9H2,1-2H3,(H,31,32). The molecule has 16 heteroatoms. The Morgan fingerprint density at radius 3 is 2.07 bits per heavy atom. The molecule has 0 bridgehead atoms. The fraction of sp³-hybridized carbons (Fsp3) is 0.280. The van der Waals surface area contributed by atoms with Gasteiger partial charge in [-0.05, 0) is 0 Å². The van der Waals surface area contributed by atoms with Crippen molar-refractivity contribution in [2.24, 2.45) is 9.98 Å². The van der Waals surface area contributed by atoms with E-state index in [0.29, 0.717) is 54.1 Å². The number of nitrogens with zero attached hydrogens (tertiary/aromatic N) is 4. The summed E-state index contributed by atoms with van der Waals surface area (Å²) >= 11 is 5.44. The zero-order chi connectivity index (χ0) is 28.7. The maximum atomic E-state index is 14.0. The van der Waals surface area contributed by atoms with Gasteiger partial charge in [0.25, 0.3) is 0 Å². The van der Waals surface area contributed by atoms with E-state index in [4.69, 9.17) is 18.9 Å². The Labute approximate surface area is 247 Å². The third-order valence-corrected chi connectivity index (χ3v) is 10.4. The molecule has 2 atom stereocenters. The van der Waals surface area contributed by atoms with Crippen LogP contribution >= 0.6 is 46.2 Å². The largest absolute Gasteiger partial charge is 0.494 e. The van der Waals surface area contributed by atoms with Crippen LogP contribution in [0.5, 0.6) is 17.2 Å². The van der Waals surface area contributed by atoms with Crippen molar-refractivity contribution in [3.05, 3.63) is 40.1 Å². The van der Waals surface area contributed by atoms with Gasteiger partial charge >= 0.3 is 11.9 Å². The van der Waals surface area contributed by atoms with Gasteiger partial charge in [-0.1, -0.05) is 0 Å². The molecule has 2 aromatic carbocycles. The summed E-state index contributed by atoms with van der Waals surface area (Å²) in [7, 11) is 2.90. The molecule has 0 saturated heterocycles. The second-order valence-corrected chi connectivity index (χ2v) is 12.6. The van der Waals surface area contributed by atoms with Crippen molar-refractivity contribution in [2.75, 3.05) is 32.5 Å². The van der Waals surface area contributed by atoms with Crippen molar-refractivity contribution in [3.8, 4) is 17.2 Å². The van der Waals surface area contributed by atoms with Crippen LogP contribution < -0.4 is 14.2 Å². The number of thiazole rings is 2. The third-order valence-electron chi connectivity index (χ3n) is 5.98. The molecule has 2 aliphatic rings. The van der Waals surface area contributed by atoms with Crippen LogP contribution in [0.25, 0.3) is 20.4 Å². The number of aliphatic carboxylic acids is 1. The van der Waals surface area contributed by atoms with Gasteiger partial charge in [0.15, 0.2) is 35.1 Å². The Hall–Kier alpha value is -3.47.